The molecule has 0 unspecified atom stereocenters. The molecule has 1 radical (unpaired) electrons. The lowest BCUT2D eigenvalue weighted by Gasteiger charge is -2.04. The van der Waals surface area contributed by atoms with Crippen molar-refractivity contribution in [3.05, 3.63) is 52.6 Å². The van der Waals surface area contributed by atoms with Crippen molar-refractivity contribution in [2.45, 2.75) is 0 Å². The van der Waals surface area contributed by atoms with Gasteiger partial charge in [0.1, 0.15) is 11.4 Å². The fraction of sp³-hybridized carbons (Fsp3) is 0. The molecule has 0 bridgehead atoms. The second kappa shape index (κ2) is 3.92. The van der Waals surface area contributed by atoms with Gasteiger partial charge in [-0.15, -0.1) is 10.5 Å². The standard InChI is InChI=1S/C12H7N4O2/c17-16(18)9-6-4-8(5-7-9)10-2-1-3-11-12(10)14-15-13-11/h1-7H. The highest BCUT2D eigenvalue weighted by Gasteiger charge is 2.15. The minimum atomic E-state index is -0.422. The number of nitrogens with zero attached hydrogens (tertiary/aromatic N) is 4. The minimum absolute atomic E-state index is 0.0673. The van der Waals surface area contributed by atoms with Gasteiger partial charge in [0, 0.05) is 17.7 Å². The number of nitro benzene ring substituents is 1. The Hall–Kier alpha value is -2.76. The van der Waals surface area contributed by atoms with Crippen molar-refractivity contribution in [3.8, 4) is 11.1 Å². The Morgan fingerprint density at radius 1 is 1.06 bits per heavy atom. The summed E-state index contributed by atoms with van der Waals surface area (Å²) in [4.78, 5) is 10.2. The maximum Gasteiger partial charge on any atom is 0.269 e. The molecule has 2 aromatic rings. The largest absolute Gasteiger partial charge is 0.269 e. The lowest BCUT2D eigenvalue weighted by atomic mass is 10.0. The molecule has 18 heavy (non-hydrogen) atoms. The van der Waals surface area contributed by atoms with Crippen molar-refractivity contribution >= 4 is 17.1 Å². The van der Waals surface area contributed by atoms with Gasteiger partial charge in [-0.25, -0.2) is 0 Å². The molecule has 0 N–H and O–H groups in total. The smallest absolute Gasteiger partial charge is 0.258 e. The van der Waals surface area contributed by atoms with Gasteiger partial charge >= 0.3 is 0 Å². The molecule has 0 aliphatic carbocycles. The average Bonchev–Trinajstić information content (AvgIpc) is 2.87. The van der Waals surface area contributed by atoms with E-state index < -0.39 is 4.92 Å². The summed E-state index contributed by atoms with van der Waals surface area (Å²) in [6.45, 7) is 0. The Labute approximate surface area is 102 Å². The van der Waals surface area contributed by atoms with Crippen molar-refractivity contribution in [1.82, 2.24) is 5.43 Å². The molecule has 1 heterocycles. The van der Waals surface area contributed by atoms with E-state index in [1.807, 2.05) is 18.2 Å². The zero-order valence-electron chi connectivity index (χ0n) is 9.15. The molecule has 3 rings (SSSR count). The molecule has 0 aromatic heterocycles. The first-order valence-corrected chi connectivity index (χ1v) is 5.25. The highest BCUT2D eigenvalue weighted by molar-refractivity contribution is 5.84. The summed E-state index contributed by atoms with van der Waals surface area (Å²) in [6, 6.07) is 11.9. The van der Waals surface area contributed by atoms with Gasteiger partial charge in [0.2, 0.25) is 0 Å². The van der Waals surface area contributed by atoms with Crippen LogP contribution in [-0.4, -0.2) is 4.92 Å². The third kappa shape index (κ3) is 1.60. The molecule has 1 aliphatic heterocycles. The van der Waals surface area contributed by atoms with Gasteiger partial charge in [-0.1, -0.05) is 12.1 Å². The van der Waals surface area contributed by atoms with Crippen LogP contribution in [0.25, 0.3) is 11.1 Å². The summed E-state index contributed by atoms with van der Waals surface area (Å²) in [5.41, 5.74) is 7.09. The molecule has 0 amide bonds. The van der Waals surface area contributed by atoms with Crippen molar-refractivity contribution in [2.75, 3.05) is 0 Å². The number of non-ortho nitro benzene ring substituents is 1. The summed E-state index contributed by atoms with van der Waals surface area (Å²) in [5.74, 6) is 0. The fourth-order valence-electron chi connectivity index (χ4n) is 1.83. The number of hydrogen-bond donors (Lipinski definition) is 0. The van der Waals surface area contributed by atoms with Gasteiger partial charge in [-0.3, -0.25) is 10.1 Å². The van der Waals surface area contributed by atoms with Gasteiger partial charge in [0.15, 0.2) is 0 Å². The van der Waals surface area contributed by atoms with E-state index >= 15 is 0 Å². The van der Waals surface area contributed by atoms with Crippen LogP contribution in [0.15, 0.2) is 52.8 Å². The van der Waals surface area contributed by atoms with E-state index in [1.54, 1.807) is 12.1 Å². The molecule has 2 aromatic carbocycles. The molecular weight excluding hydrogens is 232 g/mol. The summed E-state index contributed by atoms with van der Waals surface area (Å²) in [6.07, 6.45) is 0. The fourth-order valence-corrected chi connectivity index (χ4v) is 1.83. The molecule has 6 nitrogen and oxygen atoms in total. The Morgan fingerprint density at radius 2 is 1.83 bits per heavy atom. The van der Waals surface area contributed by atoms with Crippen LogP contribution in [0.3, 0.4) is 0 Å². The van der Waals surface area contributed by atoms with E-state index in [2.05, 4.69) is 15.8 Å². The summed E-state index contributed by atoms with van der Waals surface area (Å²) >= 11 is 0. The van der Waals surface area contributed by atoms with Gasteiger partial charge in [0.05, 0.1) is 4.92 Å². The van der Waals surface area contributed by atoms with Crippen LogP contribution >= 0.6 is 0 Å². The van der Waals surface area contributed by atoms with E-state index in [0.717, 1.165) is 11.1 Å². The molecule has 0 spiro atoms. The molecule has 0 atom stereocenters. The summed E-state index contributed by atoms with van der Waals surface area (Å²) in [7, 11) is 0. The maximum absolute atomic E-state index is 10.6. The SMILES string of the molecule is O=[N+]([O-])c1ccc(-c2cccc3c2N=N[N]3)cc1. The van der Waals surface area contributed by atoms with Crippen LogP contribution < -0.4 is 5.43 Å². The molecule has 0 saturated heterocycles. The Morgan fingerprint density at radius 3 is 2.56 bits per heavy atom. The predicted molar refractivity (Wildman–Crippen MR) is 64.8 cm³/mol. The van der Waals surface area contributed by atoms with E-state index in [-0.39, 0.29) is 5.69 Å². The quantitative estimate of drug-likeness (QED) is 0.593. The third-order valence-electron chi connectivity index (χ3n) is 2.70. The monoisotopic (exact) mass is 239 g/mol. The number of fused-ring (bicyclic) bond motifs is 1. The van der Waals surface area contributed by atoms with Crippen molar-refractivity contribution in [3.63, 3.8) is 0 Å². The molecule has 0 fully saturated rings. The second-order valence-corrected chi connectivity index (χ2v) is 3.77. The normalized spacial score (nSPS) is 12.0. The first kappa shape index (κ1) is 10.4. The topological polar surface area (TPSA) is 82.0 Å². The van der Waals surface area contributed by atoms with Crippen LogP contribution in [0.4, 0.5) is 17.1 Å². The average molecular weight is 239 g/mol. The number of rotatable bonds is 2. The van der Waals surface area contributed by atoms with Crippen LogP contribution in [0.2, 0.25) is 0 Å². The number of nitro groups is 1. The Kier molecular flexibility index (Phi) is 2.26. The van der Waals surface area contributed by atoms with Crippen LogP contribution in [0.5, 0.6) is 0 Å². The van der Waals surface area contributed by atoms with Gasteiger partial charge in [-0.05, 0) is 29.0 Å². The highest BCUT2D eigenvalue weighted by Crippen LogP contribution is 2.40. The van der Waals surface area contributed by atoms with Crippen molar-refractivity contribution in [1.29, 1.82) is 0 Å². The third-order valence-corrected chi connectivity index (χ3v) is 2.70. The molecule has 6 heteroatoms. The lowest BCUT2D eigenvalue weighted by Crippen LogP contribution is -1.87. The van der Waals surface area contributed by atoms with E-state index in [9.17, 15) is 10.1 Å². The van der Waals surface area contributed by atoms with Crippen LogP contribution in [-0.2, 0) is 0 Å². The maximum atomic E-state index is 10.6. The zero-order valence-corrected chi connectivity index (χ0v) is 9.15. The number of hydrogen-bond acceptors (Lipinski definition) is 4. The molecule has 1 aliphatic rings. The Balaban J connectivity index is 2.08. The van der Waals surface area contributed by atoms with Gasteiger partial charge in [0.25, 0.3) is 5.69 Å². The molecule has 0 saturated carbocycles. The Bertz CT molecular complexity index is 650. The van der Waals surface area contributed by atoms with Crippen molar-refractivity contribution < 1.29 is 4.92 Å². The van der Waals surface area contributed by atoms with Gasteiger partial charge < -0.3 is 0 Å². The lowest BCUT2D eigenvalue weighted by molar-refractivity contribution is -0.384. The van der Waals surface area contributed by atoms with Crippen LogP contribution in [0.1, 0.15) is 0 Å². The predicted octanol–water partition coefficient (Wildman–Crippen LogP) is 3.51. The van der Waals surface area contributed by atoms with Gasteiger partial charge in [-0.2, -0.15) is 0 Å². The van der Waals surface area contributed by atoms with Crippen molar-refractivity contribution in [2.24, 2.45) is 10.3 Å². The minimum Gasteiger partial charge on any atom is -0.258 e. The highest BCUT2D eigenvalue weighted by atomic mass is 16.6. The second-order valence-electron chi connectivity index (χ2n) is 3.77. The van der Waals surface area contributed by atoms with E-state index in [0.29, 0.717) is 11.4 Å². The molecular formula is C12H7N4O2. The zero-order chi connectivity index (χ0) is 12.5. The number of benzene rings is 2. The summed E-state index contributed by atoms with van der Waals surface area (Å²) < 4.78 is 0. The first-order valence-electron chi connectivity index (χ1n) is 5.25. The molecule has 87 valence electrons. The van der Waals surface area contributed by atoms with E-state index in [4.69, 9.17) is 0 Å². The first-order chi connectivity index (χ1) is 8.75. The summed E-state index contributed by atoms with van der Waals surface area (Å²) in [5, 5.41) is 18.2. The van der Waals surface area contributed by atoms with E-state index in [1.165, 1.54) is 12.1 Å². The van der Waals surface area contributed by atoms with Crippen LogP contribution in [0, 0.1) is 10.1 Å².